The molecule has 0 aromatic carbocycles. The Labute approximate surface area is 124 Å². The lowest BCUT2D eigenvalue weighted by molar-refractivity contribution is -0.125. The molecule has 0 spiro atoms. The molecule has 1 aliphatic carbocycles. The Bertz CT molecular complexity index is 510. The Kier molecular flexibility index (Phi) is 4.37. The van der Waals surface area contributed by atoms with Gasteiger partial charge in [0.15, 0.2) is 0 Å². The van der Waals surface area contributed by atoms with Crippen LogP contribution in [0.15, 0.2) is 23.5 Å². The van der Waals surface area contributed by atoms with E-state index in [9.17, 15) is 9.59 Å². The molecule has 2 atom stereocenters. The maximum Gasteiger partial charge on any atom is 0.227 e. The number of amides is 2. The molecule has 2 aliphatic rings. The van der Waals surface area contributed by atoms with Crippen molar-refractivity contribution >= 4 is 11.8 Å². The average molecular weight is 293 g/mol. The van der Waals surface area contributed by atoms with Gasteiger partial charge >= 0.3 is 0 Å². The van der Waals surface area contributed by atoms with E-state index in [1.165, 1.54) is 0 Å². The van der Waals surface area contributed by atoms with Crippen LogP contribution in [0.5, 0.6) is 0 Å². The number of allylic oxidation sites excluding steroid dienone is 2. The number of rotatable bonds is 5. The summed E-state index contributed by atoms with van der Waals surface area (Å²) in [6, 6.07) is 0. The summed E-state index contributed by atoms with van der Waals surface area (Å²) in [5.41, 5.74) is 11.3. The maximum absolute atomic E-state index is 12.0. The van der Waals surface area contributed by atoms with E-state index in [0.717, 1.165) is 17.9 Å². The van der Waals surface area contributed by atoms with Crippen LogP contribution in [-0.4, -0.2) is 44.0 Å². The normalized spacial score (nSPS) is 28.2. The molecular formula is C15H23N3O3. The summed E-state index contributed by atoms with van der Waals surface area (Å²) < 4.78 is 5.58. The first kappa shape index (κ1) is 15.6. The second-order valence-corrected chi connectivity index (χ2v) is 6.17. The molecule has 2 rings (SSSR count). The maximum atomic E-state index is 12.0. The molecule has 2 amide bonds. The number of hydrogen-bond acceptors (Lipinski definition) is 4. The van der Waals surface area contributed by atoms with Gasteiger partial charge in [0.25, 0.3) is 0 Å². The molecule has 21 heavy (non-hydrogen) atoms. The Morgan fingerprint density at radius 3 is 2.71 bits per heavy atom. The number of ether oxygens (including phenoxy) is 1. The highest BCUT2D eigenvalue weighted by molar-refractivity contribution is 5.84. The van der Waals surface area contributed by atoms with Crippen LogP contribution in [0.1, 0.15) is 19.3 Å². The van der Waals surface area contributed by atoms with E-state index in [-0.39, 0.29) is 17.7 Å². The smallest absolute Gasteiger partial charge is 0.227 e. The van der Waals surface area contributed by atoms with Crippen molar-refractivity contribution in [2.75, 3.05) is 27.2 Å². The predicted octanol–water partition coefficient (Wildman–Crippen LogP) is 0.146. The van der Waals surface area contributed by atoms with Gasteiger partial charge < -0.3 is 21.1 Å². The van der Waals surface area contributed by atoms with Crippen LogP contribution in [0.2, 0.25) is 0 Å². The van der Waals surface area contributed by atoms with Gasteiger partial charge in [-0.05, 0) is 51.6 Å². The molecule has 0 aromatic rings. The molecule has 0 aromatic heterocycles. The third kappa shape index (κ3) is 3.26. The fourth-order valence-electron chi connectivity index (χ4n) is 2.82. The second-order valence-electron chi connectivity index (χ2n) is 6.17. The molecule has 1 aliphatic heterocycles. The third-order valence-corrected chi connectivity index (χ3v) is 4.26. The number of carbonyl (C=O) groups excluding carboxylic acids is 2. The topological polar surface area (TPSA) is 98.6 Å². The van der Waals surface area contributed by atoms with Crippen LogP contribution in [0.4, 0.5) is 0 Å². The summed E-state index contributed by atoms with van der Waals surface area (Å²) in [5.74, 6) is -0.272. The van der Waals surface area contributed by atoms with Crippen molar-refractivity contribution < 1.29 is 14.3 Å². The van der Waals surface area contributed by atoms with E-state index in [2.05, 4.69) is 0 Å². The van der Waals surface area contributed by atoms with E-state index in [0.29, 0.717) is 25.9 Å². The van der Waals surface area contributed by atoms with E-state index >= 15 is 0 Å². The van der Waals surface area contributed by atoms with Crippen LogP contribution in [0.25, 0.3) is 0 Å². The number of hydrogen-bond donors (Lipinski definition) is 2. The molecule has 0 saturated carbocycles. The molecule has 1 heterocycles. The Hall–Kier alpha value is -1.82. The molecule has 4 N–H and O–H groups in total. The van der Waals surface area contributed by atoms with Crippen molar-refractivity contribution in [3.63, 3.8) is 0 Å². The minimum Gasteiger partial charge on any atom is -0.493 e. The zero-order valence-corrected chi connectivity index (χ0v) is 12.6. The van der Waals surface area contributed by atoms with Gasteiger partial charge in [0, 0.05) is 0 Å². The standard InChI is InChI=1S/C15H23N3O3/c1-18(2)6-5-15(14(17)20)4-3-12-10(8-15)7-11(9-21-12)13(16)19/h3-4,11H,5-9H2,1-2H3,(H2,16,19)(H2,17,20). The van der Waals surface area contributed by atoms with Gasteiger partial charge in [-0.3, -0.25) is 9.59 Å². The third-order valence-electron chi connectivity index (χ3n) is 4.26. The van der Waals surface area contributed by atoms with Gasteiger partial charge in [-0.2, -0.15) is 0 Å². The molecular weight excluding hydrogens is 270 g/mol. The summed E-state index contributed by atoms with van der Waals surface area (Å²) >= 11 is 0. The zero-order chi connectivity index (χ0) is 15.6. The number of primary amides is 2. The molecule has 2 unspecified atom stereocenters. The SMILES string of the molecule is CN(C)CCC1(C(N)=O)C=CC2=C(CC(C(N)=O)CO2)C1. The van der Waals surface area contributed by atoms with E-state index in [1.807, 2.05) is 31.1 Å². The van der Waals surface area contributed by atoms with Crippen molar-refractivity contribution in [2.45, 2.75) is 19.3 Å². The van der Waals surface area contributed by atoms with Crippen molar-refractivity contribution in [1.29, 1.82) is 0 Å². The Morgan fingerprint density at radius 2 is 2.14 bits per heavy atom. The fraction of sp³-hybridized carbons (Fsp3) is 0.600. The Balaban J connectivity index is 2.19. The first-order valence-electron chi connectivity index (χ1n) is 7.12. The van der Waals surface area contributed by atoms with Crippen LogP contribution < -0.4 is 11.5 Å². The van der Waals surface area contributed by atoms with Crippen molar-refractivity contribution in [2.24, 2.45) is 22.8 Å². The molecule has 116 valence electrons. The second kappa shape index (κ2) is 5.89. The van der Waals surface area contributed by atoms with Gasteiger partial charge in [-0.25, -0.2) is 0 Å². The first-order chi connectivity index (χ1) is 9.84. The molecule has 0 saturated heterocycles. The lowest BCUT2D eigenvalue weighted by atomic mass is 9.72. The summed E-state index contributed by atoms with van der Waals surface area (Å²) in [4.78, 5) is 25.3. The largest absolute Gasteiger partial charge is 0.493 e. The number of nitrogens with two attached hydrogens (primary N) is 2. The fourth-order valence-corrected chi connectivity index (χ4v) is 2.82. The lowest BCUT2D eigenvalue weighted by Gasteiger charge is -2.36. The van der Waals surface area contributed by atoms with Gasteiger partial charge in [-0.15, -0.1) is 0 Å². The first-order valence-corrected chi connectivity index (χ1v) is 7.12. The highest BCUT2D eigenvalue weighted by Gasteiger charge is 2.40. The van der Waals surface area contributed by atoms with E-state index in [1.54, 1.807) is 0 Å². The minimum absolute atomic E-state index is 0.305. The van der Waals surface area contributed by atoms with Gasteiger partial charge in [-0.1, -0.05) is 6.08 Å². The highest BCUT2D eigenvalue weighted by Crippen LogP contribution is 2.41. The predicted molar refractivity (Wildman–Crippen MR) is 78.8 cm³/mol. The van der Waals surface area contributed by atoms with Gasteiger partial charge in [0.1, 0.15) is 12.4 Å². The molecule has 6 heteroatoms. The molecule has 0 fully saturated rings. The minimum atomic E-state index is -0.702. The summed E-state index contributed by atoms with van der Waals surface area (Å²) in [6.45, 7) is 1.07. The van der Waals surface area contributed by atoms with Gasteiger partial charge in [0.05, 0.1) is 11.3 Å². The van der Waals surface area contributed by atoms with E-state index < -0.39 is 5.41 Å². The Morgan fingerprint density at radius 1 is 1.43 bits per heavy atom. The highest BCUT2D eigenvalue weighted by atomic mass is 16.5. The summed E-state index contributed by atoms with van der Waals surface area (Å²) in [7, 11) is 3.91. The van der Waals surface area contributed by atoms with Crippen molar-refractivity contribution in [3.8, 4) is 0 Å². The molecule has 0 radical (unpaired) electrons. The van der Waals surface area contributed by atoms with Crippen LogP contribution in [0.3, 0.4) is 0 Å². The zero-order valence-electron chi connectivity index (χ0n) is 12.6. The summed E-state index contributed by atoms with van der Waals surface area (Å²) in [5, 5.41) is 0. The summed E-state index contributed by atoms with van der Waals surface area (Å²) in [6.07, 6.45) is 5.36. The monoisotopic (exact) mass is 293 g/mol. The molecule has 0 bridgehead atoms. The lowest BCUT2D eigenvalue weighted by Crippen LogP contribution is -2.41. The number of carbonyl (C=O) groups is 2. The average Bonchev–Trinajstić information content (AvgIpc) is 2.43. The van der Waals surface area contributed by atoms with Crippen LogP contribution >= 0.6 is 0 Å². The number of nitrogens with zero attached hydrogens (tertiary/aromatic N) is 1. The van der Waals surface area contributed by atoms with Crippen LogP contribution in [0, 0.1) is 11.3 Å². The molecule has 6 nitrogen and oxygen atoms in total. The van der Waals surface area contributed by atoms with Crippen molar-refractivity contribution in [1.82, 2.24) is 4.90 Å². The van der Waals surface area contributed by atoms with Crippen molar-refractivity contribution in [3.05, 3.63) is 23.5 Å². The van der Waals surface area contributed by atoms with Gasteiger partial charge in [0.2, 0.25) is 11.8 Å². The van der Waals surface area contributed by atoms with E-state index in [4.69, 9.17) is 16.2 Å². The quantitative estimate of drug-likeness (QED) is 0.753. The van der Waals surface area contributed by atoms with Crippen LogP contribution in [-0.2, 0) is 14.3 Å².